The van der Waals surface area contributed by atoms with Crippen LogP contribution >= 0.6 is 11.6 Å². The van der Waals surface area contributed by atoms with Gasteiger partial charge in [-0.15, -0.1) is 0 Å². The summed E-state index contributed by atoms with van der Waals surface area (Å²) in [5, 5.41) is 3.63. The van der Waals surface area contributed by atoms with Crippen molar-refractivity contribution in [1.82, 2.24) is 15.3 Å². The third-order valence-electron chi connectivity index (χ3n) is 4.20. The number of benzene rings is 2. The number of nitrogens with zero attached hydrogens (tertiary/aromatic N) is 1. The molecule has 1 amide bonds. The van der Waals surface area contributed by atoms with E-state index < -0.39 is 5.41 Å². The zero-order valence-corrected chi connectivity index (χ0v) is 14.5. The van der Waals surface area contributed by atoms with Gasteiger partial charge in [0.15, 0.2) is 0 Å². The molecule has 3 rings (SSSR count). The summed E-state index contributed by atoms with van der Waals surface area (Å²) in [4.78, 5) is 20.3. The molecule has 0 atom stereocenters. The molecule has 0 spiro atoms. The van der Waals surface area contributed by atoms with E-state index in [4.69, 9.17) is 11.6 Å². The summed E-state index contributed by atoms with van der Waals surface area (Å²) in [5.74, 6) is 0.845. The Morgan fingerprint density at radius 2 is 2.00 bits per heavy atom. The largest absolute Gasteiger partial charge is 0.355 e. The topological polar surface area (TPSA) is 57.8 Å². The van der Waals surface area contributed by atoms with Crippen LogP contribution in [0.2, 0.25) is 5.02 Å². The number of nitrogens with one attached hydrogen (secondary N) is 2. The van der Waals surface area contributed by atoms with E-state index in [-0.39, 0.29) is 5.91 Å². The van der Waals surface area contributed by atoms with Crippen LogP contribution in [0.15, 0.2) is 48.5 Å². The van der Waals surface area contributed by atoms with Crippen LogP contribution in [0.4, 0.5) is 0 Å². The monoisotopic (exact) mass is 341 g/mol. The maximum atomic E-state index is 12.6. The van der Waals surface area contributed by atoms with Crippen molar-refractivity contribution >= 4 is 28.5 Å². The Hall–Kier alpha value is -2.33. The summed E-state index contributed by atoms with van der Waals surface area (Å²) in [6, 6.07) is 15.3. The van der Waals surface area contributed by atoms with Gasteiger partial charge in [-0.3, -0.25) is 4.79 Å². The van der Waals surface area contributed by atoms with E-state index in [0.29, 0.717) is 18.0 Å². The second kappa shape index (κ2) is 6.65. The highest BCUT2D eigenvalue weighted by Gasteiger charge is 2.29. The minimum absolute atomic E-state index is 0.0270. The van der Waals surface area contributed by atoms with Gasteiger partial charge in [0.25, 0.3) is 0 Å². The first-order chi connectivity index (χ1) is 11.5. The molecule has 3 aromatic rings. The average molecular weight is 342 g/mol. The van der Waals surface area contributed by atoms with Crippen LogP contribution < -0.4 is 5.32 Å². The third-order valence-corrected chi connectivity index (χ3v) is 4.43. The van der Waals surface area contributed by atoms with Gasteiger partial charge in [-0.05, 0) is 43.7 Å². The first-order valence-electron chi connectivity index (χ1n) is 7.95. The summed E-state index contributed by atoms with van der Waals surface area (Å²) >= 11 is 6.03. The maximum absolute atomic E-state index is 12.6. The second-order valence-corrected chi connectivity index (χ2v) is 6.78. The molecule has 2 aromatic carbocycles. The van der Waals surface area contributed by atoms with Gasteiger partial charge >= 0.3 is 0 Å². The number of hydrogen-bond acceptors (Lipinski definition) is 2. The summed E-state index contributed by atoms with van der Waals surface area (Å²) in [6.07, 6.45) is 0.659. The zero-order valence-electron chi connectivity index (χ0n) is 13.8. The lowest BCUT2D eigenvalue weighted by Gasteiger charge is -2.24. The molecular formula is C19H20ClN3O. The average Bonchev–Trinajstić information content (AvgIpc) is 2.97. The predicted molar refractivity (Wildman–Crippen MR) is 97.3 cm³/mol. The van der Waals surface area contributed by atoms with Gasteiger partial charge in [-0.25, -0.2) is 4.98 Å². The van der Waals surface area contributed by atoms with Crippen LogP contribution in [-0.2, 0) is 16.6 Å². The Morgan fingerprint density at radius 3 is 2.75 bits per heavy atom. The van der Waals surface area contributed by atoms with E-state index in [1.165, 1.54) is 0 Å². The van der Waals surface area contributed by atoms with E-state index in [1.54, 1.807) is 6.07 Å². The summed E-state index contributed by atoms with van der Waals surface area (Å²) in [7, 11) is 0. The smallest absolute Gasteiger partial charge is 0.230 e. The molecular weight excluding hydrogens is 322 g/mol. The van der Waals surface area contributed by atoms with Crippen LogP contribution in [0.1, 0.15) is 25.2 Å². The van der Waals surface area contributed by atoms with Crippen molar-refractivity contribution in [1.29, 1.82) is 0 Å². The zero-order chi connectivity index (χ0) is 17.2. The molecule has 5 heteroatoms. The van der Waals surface area contributed by atoms with Crippen molar-refractivity contribution in [3.05, 3.63) is 64.9 Å². The molecule has 0 unspecified atom stereocenters. The molecule has 0 saturated carbocycles. The molecule has 24 heavy (non-hydrogen) atoms. The fraction of sp³-hybridized carbons (Fsp3) is 0.263. The highest BCUT2D eigenvalue weighted by molar-refractivity contribution is 6.30. The van der Waals surface area contributed by atoms with Crippen molar-refractivity contribution in [3.63, 3.8) is 0 Å². The highest BCUT2D eigenvalue weighted by Crippen LogP contribution is 2.25. The number of halogens is 1. The summed E-state index contributed by atoms with van der Waals surface area (Å²) < 4.78 is 0. The number of hydrogen-bond donors (Lipinski definition) is 2. The molecule has 0 saturated heterocycles. The molecule has 124 valence electrons. The number of aromatic nitrogens is 2. The van der Waals surface area contributed by atoms with E-state index in [0.717, 1.165) is 22.4 Å². The number of H-pyrrole nitrogens is 1. The quantitative estimate of drug-likeness (QED) is 0.740. The number of amides is 1. The fourth-order valence-corrected chi connectivity index (χ4v) is 2.84. The molecule has 1 aromatic heterocycles. The van der Waals surface area contributed by atoms with Crippen molar-refractivity contribution in [2.24, 2.45) is 0 Å². The van der Waals surface area contributed by atoms with Crippen LogP contribution in [0.3, 0.4) is 0 Å². The van der Waals surface area contributed by atoms with E-state index in [2.05, 4.69) is 15.3 Å². The van der Waals surface area contributed by atoms with Gasteiger partial charge in [0.1, 0.15) is 5.82 Å². The van der Waals surface area contributed by atoms with Gasteiger partial charge in [0, 0.05) is 18.0 Å². The second-order valence-electron chi connectivity index (χ2n) is 6.34. The SMILES string of the molecule is CC(C)(C(=O)NCCc1nc2ccccc2[nH]1)c1cccc(Cl)c1. The standard InChI is InChI=1S/C19H20ClN3O/c1-19(2,13-6-5-7-14(20)12-13)18(24)21-11-10-17-22-15-8-3-4-9-16(15)23-17/h3-9,12H,10-11H2,1-2H3,(H,21,24)(H,22,23). The molecule has 4 nitrogen and oxygen atoms in total. The fourth-order valence-electron chi connectivity index (χ4n) is 2.65. The molecule has 0 aliphatic heterocycles. The van der Waals surface area contributed by atoms with Crippen molar-refractivity contribution < 1.29 is 4.79 Å². The van der Waals surface area contributed by atoms with E-state index in [9.17, 15) is 4.79 Å². The number of aromatic amines is 1. The number of fused-ring (bicyclic) bond motifs is 1. The Kier molecular flexibility index (Phi) is 4.58. The Labute approximate surface area is 146 Å². The molecule has 1 heterocycles. The molecule has 2 N–H and O–H groups in total. The first-order valence-corrected chi connectivity index (χ1v) is 8.32. The van der Waals surface area contributed by atoms with Crippen molar-refractivity contribution in [3.8, 4) is 0 Å². The summed E-state index contributed by atoms with van der Waals surface area (Å²) in [6.45, 7) is 4.33. The van der Waals surface area contributed by atoms with E-state index in [1.807, 2.05) is 56.3 Å². The molecule has 0 bridgehead atoms. The van der Waals surface area contributed by atoms with Crippen LogP contribution in [0, 0.1) is 0 Å². The van der Waals surface area contributed by atoms with Gasteiger partial charge in [-0.2, -0.15) is 0 Å². The maximum Gasteiger partial charge on any atom is 0.230 e. The number of imidazole rings is 1. The minimum atomic E-state index is -0.640. The number of para-hydroxylation sites is 2. The molecule has 0 radical (unpaired) electrons. The lowest BCUT2D eigenvalue weighted by molar-refractivity contribution is -0.125. The van der Waals surface area contributed by atoms with Gasteiger partial charge in [0.2, 0.25) is 5.91 Å². The van der Waals surface area contributed by atoms with E-state index >= 15 is 0 Å². The molecule has 0 aliphatic carbocycles. The van der Waals surface area contributed by atoms with Crippen molar-refractivity contribution in [2.45, 2.75) is 25.7 Å². The number of carbonyl (C=O) groups excluding carboxylic acids is 1. The lowest BCUT2D eigenvalue weighted by Crippen LogP contribution is -2.41. The van der Waals surface area contributed by atoms with Gasteiger partial charge < -0.3 is 10.3 Å². The Balaban J connectivity index is 1.62. The van der Waals surface area contributed by atoms with Crippen molar-refractivity contribution in [2.75, 3.05) is 6.54 Å². The lowest BCUT2D eigenvalue weighted by atomic mass is 9.84. The minimum Gasteiger partial charge on any atom is -0.355 e. The number of rotatable bonds is 5. The highest BCUT2D eigenvalue weighted by atomic mass is 35.5. The Morgan fingerprint density at radius 1 is 1.21 bits per heavy atom. The molecule has 0 aliphatic rings. The normalized spacial score (nSPS) is 11.6. The third kappa shape index (κ3) is 3.44. The Bertz CT molecular complexity index is 837. The van der Waals surface area contributed by atoms with Gasteiger partial charge in [0.05, 0.1) is 16.4 Å². The molecule has 0 fully saturated rings. The number of carbonyl (C=O) groups is 1. The predicted octanol–water partition coefficient (Wildman–Crippen LogP) is 3.85. The van der Waals surface area contributed by atoms with Crippen LogP contribution in [0.5, 0.6) is 0 Å². The van der Waals surface area contributed by atoms with Crippen LogP contribution in [-0.4, -0.2) is 22.4 Å². The summed E-state index contributed by atoms with van der Waals surface area (Å²) in [5.41, 5.74) is 2.21. The van der Waals surface area contributed by atoms with Gasteiger partial charge in [-0.1, -0.05) is 35.9 Å². The first kappa shape index (κ1) is 16.5. The van der Waals surface area contributed by atoms with Crippen LogP contribution in [0.25, 0.3) is 11.0 Å².